The minimum absolute atomic E-state index is 0. The third kappa shape index (κ3) is 9.43. The van der Waals surface area contributed by atoms with Crippen LogP contribution in [-0.4, -0.2) is 37.3 Å². The van der Waals surface area contributed by atoms with Gasteiger partial charge in [0.15, 0.2) is 12.4 Å². The van der Waals surface area contributed by atoms with E-state index in [1.54, 1.807) is 0 Å². The molecule has 0 fully saturated rings. The Kier molecular flexibility index (Phi) is 11.4. The molecule has 6 nitrogen and oxygen atoms in total. The number of pyridine rings is 1. The summed E-state index contributed by atoms with van der Waals surface area (Å²) in [5.74, 6) is -0.222. The van der Waals surface area contributed by atoms with Crippen molar-refractivity contribution >= 4 is 38.7 Å². The van der Waals surface area contributed by atoms with Crippen molar-refractivity contribution in [1.82, 2.24) is 0 Å². The third-order valence-corrected chi connectivity index (χ3v) is 6.78. The molecule has 2 N–H and O–H groups in total. The molecule has 0 radical (unpaired) electrons. The van der Waals surface area contributed by atoms with Crippen LogP contribution in [-0.2, 0) is 16.7 Å². The Labute approximate surface area is 210 Å². The third-order valence-electron chi connectivity index (χ3n) is 5.98. The van der Waals surface area contributed by atoms with E-state index in [1.165, 1.54) is 42.1 Å². The quantitative estimate of drug-likeness (QED) is 0.237. The van der Waals surface area contributed by atoms with Gasteiger partial charge in [0.25, 0.3) is 10.1 Å². The highest BCUT2D eigenvalue weighted by molar-refractivity contribution is 7.85. The van der Waals surface area contributed by atoms with Gasteiger partial charge in [0.05, 0.1) is 5.75 Å². The zero-order chi connectivity index (χ0) is 24.4. The zero-order valence-electron chi connectivity index (χ0n) is 20.8. The standard InChI is InChI=1S/C28H36N2O3S.H2O/c1-3-5-17-30(18-6-4-2)28-13-12-26-22-25(10-11-27(26)23-28)9-8-24-14-19-29(20-15-24)16-7-21-34(31,32)33;/h8-15,19-20,22-23H,3-7,16-18,21H2,1-2H3;1H2. The Morgan fingerprint density at radius 2 is 1.43 bits per heavy atom. The van der Waals surface area contributed by atoms with Crippen molar-refractivity contribution in [2.24, 2.45) is 0 Å². The highest BCUT2D eigenvalue weighted by atomic mass is 32.2. The van der Waals surface area contributed by atoms with Crippen molar-refractivity contribution in [3.63, 3.8) is 0 Å². The molecule has 0 saturated heterocycles. The van der Waals surface area contributed by atoms with E-state index in [-0.39, 0.29) is 11.2 Å². The lowest BCUT2D eigenvalue weighted by Crippen LogP contribution is -2.33. The molecule has 0 unspecified atom stereocenters. The maximum Gasteiger partial charge on any atom is 0.265 e. The van der Waals surface area contributed by atoms with E-state index in [2.05, 4.69) is 67.3 Å². The maximum absolute atomic E-state index is 10.8. The van der Waals surface area contributed by atoms with E-state index in [9.17, 15) is 8.42 Å². The lowest BCUT2D eigenvalue weighted by atomic mass is 10.0. The summed E-state index contributed by atoms with van der Waals surface area (Å²) in [6.45, 7) is 7.26. The van der Waals surface area contributed by atoms with Gasteiger partial charge < -0.3 is 10.4 Å². The molecule has 0 atom stereocenters. The van der Waals surface area contributed by atoms with Crippen molar-refractivity contribution in [3.8, 4) is 0 Å². The van der Waals surface area contributed by atoms with Crippen LogP contribution in [0, 0.1) is 0 Å². The molecule has 0 aliphatic carbocycles. The first kappa shape index (κ1) is 28.5. The van der Waals surface area contributed by atoms with Crippen LogP contribution in [0.2, 0.25) is 0 Å². The van der Waals surface area contributed by atoms with Crippen molar-refractivity contribution in [2.45, 2.75) is 52.5 Å². The highest BCUT2D eigenvalue weighted by Crippen LogP contribution is 2.25. The fraction of sp³-hybridized carbons (Fsp3) is 0.393. The largest absolute Gasteiger partial charge is 0.870 e. The first-order chi connectivity index (χ1) is 16.4. The highest BCUT2D eigenvalue weighted by Gasteiger charge is 2.08. The SMILES string of the molecule is CCCCN(CCCC)c1ccc2cc(C=Cc3cc[n+](CCCS(=O)(=O)O)cc3)ccc2c1.[OH-]. The fourth-order valence-corrected chi connectivity index (χ4v) is 4.46. The summed E-state index contributed by atoms with van der Waals surface area (Å²) < 4.78 is 32.4. The van der Waals surface area contributed by atoms with Crippen LogP contribution in [0.15, 0.2) is 60.9 Å². The Bertz CT molecular complexity index is 1180. The lowest BCUT2D eigenvalue weighted by molar-refractivity contribution is -0.696. The van der Waals surface area contributed by atoms with E-state index in [1.807, 2.05) is 29.1 Å². The van der Waals surface area contributed by atoms with Gasteiger partial charge in [0, 0.05) is 37.3 Å². The van der Waals surface area contributed by atoms with Gasteiger partial charge in [0.1, 0.15) is 6.54 Å². The molecule has 3 rings (SSSR count). The molecule has 0 bridgehead atoms. The zero-order valence-corrected chi connectivity index (χ0v) is 21.6. The summed E-state index contributed by atoms with van der Waals surface area (Å²) in [7, 11) is -3.90. The van der Waals surface area contributed by atoms with Gasteiger partial charge in [-0.3, -0.25) is 4.55 Å². The smallest absolute Gasteiger partial charge is 0.265 e. The molecule has 0 aliphatic rings. The molecule has 0 amide bonds. The number of fused-ring (bicyclic) bond motifs is 1. The summed E-state index contributed by atoms with van der Waals surface area (Å²) in [5, 5.41) is 2.50. The molecule has 1 aromatic heterocycles. The number of hydrogen-bond acceptors (Lipinski definition) is 4. The second kappa shape index (κ2) is 14.0. The number of hydrogen-bond donors (Lipinski definition) is 1. The van der Waals surface area contributed by atoms with E-state index >= 15 is 0 Å². The van der Waals surface area contributed by atoms with Crippen LogP contribution in [0.5, 0.6) is 0 Å². The van der Waals surface area contributed by atoms with E-state index in [0.717, 1.165) is 24.2 Å². The molecular formula is C28H38N2O4S. The van der Waals surface area contributed by atoms with E-state index < -0.39 is 10.1 Å². The molecule has 0 aliphatic heterocycles. The van der Waals surface area contributed by atoms with Crippen molar-refractivity contribution < 1.29 is 23.0 Å². The molecule has 35 heavy (non-hydrogen) atoms. The Balaban J connectivity index is 0.00000432. The Morgan fingerprint density at radius 1 is 0.829 bits per heavy atom. The second-order valence-corrected chi connectivity index (χ2v) is 10.4. The van der Waals surface area contributed by atoms with Gasteiger partial charge in [-0.05, 0) is 52.9 Å². The predicted molar refractivity (Wildman–Crippen MR) is 145 cm³/mol. The summed E-state index contributed by atoms with van der Waals surface area (Å²) in [4.78, 5) is 2.52. The van der Waals surface area contributed by atoms with Crippen LogP contribution in [0.1, 0.15) is 57.1 Å². The van der Waals surface area contributed by atoms with Gasteiger partial charge in [-0.25, -0.2) is 4.57 Å². The number of nitrogens with zero attached hydrogens (tertiary/aromatic N) is 2. The van der Waals surface area contributed by atoms with Gasteiger partial charge in [-0.1, -0.05) is 57.0 Å². The van der Waals surface area contributed by atoms with Crippen LogP contribution >= 0.6 is 0 Å². The molecule has 2 aromatic carbocycles. The molecule has 190 valence electrons. The number of unbranched alkanes of at least 4 members (excludes halogenated alkanes) is 2. The summed E-state index contributed by atoms with van der Waals surface area (Å²) in [5.41, 5.74) is 3.54. The number of anilines is 1. The average Bonchev–Trinajstić information content (AvgIpc) is 2.82. The molecule has 0 spiro atoms. The Morgan fingerprint density at radius 3 is 2.06 bits per heavy atom. The minimum Gasteiger partial charge on any atom is -0.870 e. The average molecular weight is 499 g/mol. The van der Waals surface area contributed by atoms with E-state index in [0.29, 0.717) is 13.0 Å². The predicted octanol–water partition coefficient (Wildman–Crippen LogP) is 5.81. The van der Waals surface area contributed by atoms with Crippen molar-refractivity contribution in [2.75, 3.05) is 23.7 Å². The van der Waals surface area contributed by atoms with Gasteiger partial charge in [0.2, 0.25) is 0 Å². The molecular weight excluding hydrogens is 460 g/mol. The van der Waals surface area contributed by atoms with Crippen molar-refractivity contribution in [3.05, 3.63) is 72.1 Å². The summed E-state index contributed by atoms with van der Waals surface area (Å²) in [6.07, 6.45) is 13.3. The first-order valence-corrected chi connectivity index (χ1v) is 13.9. The molecule has 0 saturated carbocycles. The fourth-order valence-electron chi connectivity index (χ4n) is 3.97. The number of rotatable bonds is 13. The minimum atomic E-state index is -3.90. The van der Waals surface area contributed by atoms with Gasteiger partial charge in [-0.2, -0.15) is 8.42 Å². The maximum atomic E-state index is 10.8. The van der Waals surface area contributed by atoms with Crippen molar-refractivity contribution in [1.29, 1.82) is 0 Å². The van der Waals surface area contributed by atoms with Crippen LogP contribution in [0.25, 0.3) is 22.9 Å². The van der Waals surface area contributed by atoms with Crippen LogP contribution in [0.4, 0.5) is 5.69 Å². The van der Waals surface area contributed by atoms with E-state index in [4.69, 9.17) is 4.55 Å². The monoisotopic (exact) mass is 498 g/mol. The van der Waals surface area contributed by atoms with Crippen LogP contribution < -0.4 is 9.47 Å². The molecule has 3 aromatic rings. The Hall–Kier alpha value is -2.74. The molecule has 7 heteroatoms. The second-order valence-electron chi connectivity index (χ2n) is 8.83. The summed E-state index contributed by atoms with van der Waals surface area (Å²) in [6, 6.07) is 17.4. The van der Waals surface area contributed by atoms with Crippen LogP contribution in [0.3, 0.4) is 0 Å². The number of aryl methyl sites for hydroxylation is 1. The number of aromatic nitrogens is 1. The lowest BCUT2D eigenvalue weighted by Gasteiger charge is -2.25. The summed E-state index contributed by atoms with van der Waals surface area (Å²) >= 11 is 0. The van der Waals surface area contributed by atoms with Gasteiger partial charge in [-0.15, -0.1) is 0 Å². The normalized spacial score (nSPS) is 11.6. The molecule has 1 heterocycles. The first-order valence-electron chi connectivity index (χ1n) is 12.3. The number of benzene rings is 2. The topological polar surface area (TPSA) is 91.5 Å². The van der Waals surface area contributed by atoms with Gasteiger partial charge >= 0.3 is 0 Å².